The zero-order valence-corrected chi connectivity index (χ0v) is 9.10. The Morgan fingerprint density at radius 2 is 2.12 bits per heavy atom. The number of nitro benzene ring substituents is 1. The summed E-state index contributed by atoms with van der Waals surface area (Å²) in [4.78, 5) is 33.4. The number of halogens is 1. The van der Waals surface area contributed by atoms with Crippen LogP contribution in [-0.2, 0) is 4.79 Å². The molecule has 0 aliphatic carbocycles. The molecule has 1 aromatic rings. The lowest BCUT2D eigenvalue weighted by molar-refractivity contribution is -0.384. The Hall–Kier alpha value is -2.15. The Morgan fingerprint density at radius 1 is 1.41 bits per heavy atom. The number of carbonyl (C=O) groups is 2. The Bertz CT molecular complexity index is 531. The first-order chi connectivity index (χ1) is 7.99. The number of nitrogens with zero attached hydrogens (tertiary/aromatic N) is 2. The molecule has 2 rings (SSSR count). The number of rotatable bonds is 2. The van der Waals surface area contributed by atoms with E-state index in [1.807, 2.05) is 0 Å². The van der Waals surface area contributed by atoms with Crippen molar-refractivity contribution in [3.63, 3.8) is 0 Å². The van der Waals surface area contributed by atoms with Crippen molar-refractivity contribution in [2.45, 2.75) is 0 Å². The first kappa shape index (κ1) is 11.3. The summed E-state index contributed by atoms with van der Waals surface area (Å²) in [5.41, 5.74) is 0.0882. The fraction of sp³-hybridized carbons (Fsp3) is 0.111. The number of urea groups is 1. The molecule has 1 fully saturated rings. The molecular weight excluding hydrogens is 250 g/mol. The van der Waals surface area contributed by atoms with Gasteiger partial charge in [0.25, 0.3) is 5.69 Å². The van der Waals surface area contributed by atoms with Crippen molar-refractivity contribution >= 4 is 34.9 Å². The molecule has 0 radical (unpaired) electrons. The maximum Gasteiger partial charge on any atom is 0.329 e. The molecule has 1 N–H and O–H groups in total. The van der Waals surface area contributed by atoms with E-state index in [0.717, 1.165) is 4.90 Å². The number of hydrogen-bond acceptors (Lipinski definition) is 4. The molecule has 0 unspecified atom stereocenters. The highest BCUT2D eigenvalue weighted by Crippen LogP contribution is 2.29. The van der Waals surface area contributed by atoms with Crippen LogP contribution in [0.3, 0.4) is 0 Å². The summed E-state index contributed by atoms with van der Waals surface area (Å²) in [5, 5.41) is 12.6. The predicted octanol–water partition coefficient (Wildman–Crippen LogP) is 1.30. The van der Waals surface area contributed by atoms with Gasteiger partial charge in [-0.2, -0.15) is 0 Å². The van der Waals surface area contributed by atoms with Gasteiger partial charge in [0.1, 0.15) is 11.6 Å². The van der Waals surface area contributed by atoms with Crippen molar-refractivity contribution in [2.24, 2.45) is 0 Å². The fourth-order valence-electron chi connectivity index (χ4n) is 1.46. The van der Waals surface area contributed by atoms with Crippen LogP contribution in [-0.4, -0.2) is 23.4 Å². The largest absolute Gasteiger partial charge is 0.329 e. The highest BCUT2D eigenvalue weighted by Gasteiger charge is 2.28. The van der Waals surface area contributed by atoms with E-state index in [1.165, 1.54) is 18.2 Å². The molecule has 88 valence electrons. The topological polar surface area (TPSA) is 92.6 Å². The lowest BCUT2D eigenvalue weighted by Crippen LogP contribution is -2.27. The molecule has 7 nitrogen and oxygen atoms in total. The molecule has 3 amide bonds. The molecule has 1 saturated heterocycles. The Balaban J connectivity index is 2.35. The number of hydrogen-bond donors (Lipinski definition) is 1. The van der Waals surface area contributed by atoms with Gasteiger partial charge in [-0.3, -0.25) is 25.1 Å². The molecule has 0 spiro atoms. The van der Waals surface area contributed by atoms with Crippen LogP contribution in [0.1, 0.15) is 0 Å². The quantitative estimate of drug-likeness (QED) is 0.490. The third-order valence-corrected chi connectivity index (χ3v) is 2.54. The van der Waals surface area contributed by atoms with E-state index in [4.69, 9.17) is 11.6 Å². The molecule has 17 heavy (non-hydrogen) atoms. The number of amides is 3. The van der Waals surface area contributed by atoms with Gasteiger partial charge < -0.3 is 0 Å². The summed E-state index contributed by atoms with van der Waals surface area (Å²) in [6, 6.07) is 3.26. The minimum absolute atomic E-state index is 0.0837. The summed E-state index contributed by atoms with van der Waals surface area (Å²) in [6.07, 6.45) is 0. The van der Waals surface area contributed by atoms with Crippen molar-refractivity contribution in [3.8, 4) is 0 Å². The fourth-order valence-corrected chi connectivity index (χ4v) is 1.71. The van der Waals surface area contributed by atoms with Crippen molar-refractivity contribution in [3.05, 3.63) is 33.3 Å². The van der Waals surface area contributed by atoms with Crippen LogP contribution in [0, 0.1) is 10.1 Å². The maximum absolute atomic E-state index is 11.3. The van der Waals surface area contributed by atoms with E-state index in [9.17, 15) is 19.7 Å². The zero-order valence-electron chi connectivity index (χ0n) is 8.34. The lowest BCUT2D eigenvalue weighted by atomic mass is 10.2. The second-order valence-electron chi connectivity index (χ2n) is 3.33. The van der Waals surface area contributed by atoms with Gasteiger partial charge in [0.2, 0.25) is 5.91 Å². The normalized spacial score (nSPS) is 15.0. The zero-order chi connectivity index (χ0) is 12.6. The molecule has 0 aromatic heterocycles. The maximum atomic E-state index is 11.3. The van der Waals surface area contributed by atoms with Crippen LogP contribution in [0.5, 0.6) is 0 Å². The van der Waals surface area contributed by atoms with Crippen molar-refractivity contribution in [2.75, 3.05) is 11.4 Å². The summed E-state index contributed by atoms with van der Waals surface area (Å²) in [7, 11) is 0. The molecule has 8 heteroatoms. The minimum Gasteiger partial charge on any atom is -0.285 e. The van der Waals surface area contributed by atoms with Crippen LogP contribution in [0.2, 0.25) is 5.02 Å². The molecule has 1 aliphatic rings. The third kappa shape index (κ3) is 2.04. The minimum atomic E-state index is -0.624. The van der Waals surface area contributed by atoms with Gasteiger partial charge in [0, 0.05) is 11.8 Å². The molecule has 1 heterocycles. The van der Waals surface area contributed by atoms with Crippen LogP contribution >= 0.6 is 11.6 Å². The number of nitrogens with one attached hydrogen (secondary N) is 1. The highest BCUT2D eigenvalue weighted by molar-refractivity contribution is 6.33. The van der Waals surface area contributed by atoms with E-state index >= 15 is 0 Å². The molecule has 0 saturated carbocycles. The summed E-state index contributed by atoms with van der Waals surface area (Å²) >= 11 is 5.70. The average Bonchev–Trinajstić information content (AvgIpc) is 2.57. The second kappa shape index (κ2) is 4.02. The summed E-state index contributed by atoms with van der Waals surface area (Å²) in [5.74, 6) is -0.426. The Labute approximate surface area is 100 Å². The molecule has 1 aromatic carbocycles. The standard InChI is InChI=1S/C9H6ClN3O4/c10-6-3-5(1-2-7(6)13(16)17)12-4-8(14)11-9(12)15/h1-3H,4H2,(H,11,14,15). The van der Waals surface area contributed by atoms with Gasteiger partial charge >= 0.3 is 6.03 Å². The summed E-state index contributed by atoms with van der Waals surface area (Å²) < 4.78 is 0. The average molecular weight is 256 g/mol. The second-order valence-corrected chi connectivity index (χ2v) is 3.74. The van der Waals surface area contributed by atoms with E-state index in [-0.39, 0.29) is 17.3 Å². The van der Waals surface area contributed by atoms with Crippen LogP contribution < -0.4 is 10.2 Å². The molecule has 1 aliphatic heterocycles. The number of benzene rings is 1. The van der Waals surface area contributed by atoms with Gasteiger partial charge in [-0.05, 0) is 12.1 Å². The van der Waals surface area contributed by atoms with Gasteiger partial charge in [-0.15, -0.1) is 0 Å². The first-order valence-electron chi connectivity index (χ1n) is 4.54. The van der Waals surface area contributed by atoms with Crippen molar-refractivity contribution in [1.29, 1.82) is 0 Å². The summed E-state index contributed by atoms with van der Waals surface area (Å²) in [6.45, 7) is -0.118. The van der Waals surface area contributed by atoms with Crippen LogP contribution in [0.15, 0.2) is 18.2 Å². The SMILES string of the molecule is O=C1CN(c2ccc([N+](=O)[O-])c(Cl)c2)C(=O)N1. The number of carbonyl (C=O) groups excluding carboxylic acids is 2. The van der Waals surface area contributed by atoms with Crippen LogP contribution in [0.25, 0.3) is 0 Å². The van der Waals surface area contributed by atoms with Crippen molar-refractivity contribution in [1.82, 2.24) is 5.32 Å². The van der Waals surface area contributed by atoms with E-state index in [0.29, 0.717) is 5.69 Å². The Kier molecular flexibility index (Phi) is 2.68. The molecular formula is C9H6ClN3O4. The Morgan fingerprint density at radius 3 is 2.59 bits per heavy atom. The predicted molar refractivity (Wildman–Crippen MR) is 59.0 cm³/mol. The van der Waals surface area contributed by atoms with E-state index in [2.05, 4.69) is 5.32 Å². The van der Waals surface area contributed by atoms with Gasteiger partial charge in [0.05, 0.1) is 4.92 Å². The first-order valence-corrected chi connectivity index (χ1v) is 4.92. The highest BCUT2D eigenvalue weighted by atomic mass is 35.5. The third-order valence-electron chi connectivity index (χ3n) is 2.23. The molecule has 0 bridgehead atoms. The van der Waals surface area contributed by atoms with Gasteiger partial charge in [-0.25, -0.2) is 4.79 Å². The monoisotopic (exact) mass is 255 g/mol. The number of nitro groups is 1. The van der Waals surface area contributed by atoms with Crippen LogP contribution in [0.4, 0.5) is 16.2 Å². The smallest absolute Gasteiger partial charge is 0.285 e. The lowest BCUT2D eigenvalue weighted by Gasteiger charge is -2.12. The van der Waals surface area contributed by atoms with Crippen molar-refractivity contribution < 1.29 is 14.5 Å². The van der Waals surface area contributed by atoms with Gasteiger partial charge in [0.15, 0.2) is 0 Å². The van der Waals surface area contributed by atoms with Gasteiger partial charge in [-0.1, -0.05) is 11.6 Å². The number of imide groups is 1. The molecule has 0 atom stereocenters. The van der Waals surface area contributed by atoms with E-state index < -0.39 is 16.9 Å². The number of anilines is 1. The van der Waals surface area contributed by atoms with E-state index in [1.54, 1.807) is 0 Å².